The second kappa shape index (κ2) is 7.61. The summed E-state index contributed by atoms with van der Waals surface area (Å²) < 4.78 is 0. The number of benzene rings is 1. The lowest BCUT2D eigenvalue weighted by molar-refractivity contribution is 0.0976. The van der Waals surface area contributed by atoms with Crippen molar-refractivity contribution in [2.24, 2.45) is 0 Å². The molecule has 1 aromatic carbocycles. The predicted octanol–water partition coefficient (Wildman–Crippen LogP) is 2.43. The smallest absolute Gasteiger partial charge is 0.277 e. The first-order valence-electron chi connectivity index (χ1n) is 8.68. The first-order chi connectivity index (χ1) is 12.1. The molecular weight excluding hydrogens is 314 g/mol. The number of carbonyl (C=O) groups excluding carboxylic acids is 1. The van der Waals surface area contributed by atoms with E-state index in [4.69, 9.17) is 0 Å². The van der Waals surface area contributed by atoms with Crippen molar-refractivity contribution < 1.29 is 4.79 Å². The van der Waals surface area contributed by atoms with Crippen molar-refractivity contribution in [3.05, 3.63) is 47.9 Å². The highest BCUT2D eigenvalue weighted by molar-refractivity contribution is 6.06. The number of amides is 1. The predicted molar refractivity (Wildman–Crippen MR) is 100 cm³/mol. The summed E-state index contributed by atoms with van der Waals surface area (Å²) in [6.45, 7) is 3.89. The van der Waals surface area contributed by atoms with Gasteiger partial charge in [-0.1, -0.05) is 18.2 Å². The average Bonchev–Trinajstić information content (AvgIpc) is 2.94. The number of hydrogen-bond donors (Lipinski definition) is 1. The first kappa shape index (κ1) is 17.4. The van der Waals surface area contributed by atoms with Crippen LogP contribution in [0.25, 0.3) is 0 Å². The van der Waals surface area contributed by atoms with Crippen molar-refractivity contribution in [3.63, 3.8) is 0 Å². The molecule has 25 heavy (non-hydrogen) atoms. The van der Waals surface area contributed by atoms with Gasteiger partial charge in [0.15, 0.2) is 0 Å². The van der Waals surface area contributed by atoms with Gasteiger partial charge in [-0.3, -0.25) is 4.79 Å². The van der Waals surface area contributed by atoms with E-state index in [1.807, 2.05) is 23.1 Å². The Bertz CT molecular complexity index is 746. The molecule has 0 saturated carbocycles. The molecule has 3 rings (SSSR count). The van der Waals surface area contributed by atoms with E-state index in [9.17, 15) is 4.79 Å². The normalized spacial score (nSPS) is 16.2. The van der Waals surface area contributed by atoms with Crippen LogP contribution in [0.4, 0.5) is 11.5 Å². The summed E-state index contributed by atoms with van der Waals surface area (Å²) in [6.07, 6.45) is 3.34. The molecule has 0 radical (unpaired) electrons. The third-order valence-corrected chi connectivity index (χ3v) is 4.40. The SMILES string of the molecule is CC1Cc2ccccc2N1C(=O)c1cc(NCCCN(C)C)ncn1. The topological polar surface area (TPSA) is 61.4 Å². The van der Waals surface area contributed by atoms with Crippen LogP contribution in [0.1, 0.15) is 29.4 Å². The number of rotatable bonds is 6. The number of aromatic nitrogens is 2. The van der Waals surface area contributed by atoms with Gasteiger partial charge in [0.05, 0.1) is 0 Å². The summed E-state index contributed by atoms with van der Waals surface area (Å²) in [7, 11) is 4.10. The van der Waals surface area contributed by atoms with Crippen LogP contribution in [0.5, 0.6) is 0 Å². The number of carbonyl (C=O) groups is 1. The van der Waals surface area contributed by atoms with Gasteiger partial charge < -0.3 is 15.1 Å². The zero-order valence-electron chi connectivity index (χ0n) is 15.1. The van der Waals surface area contributed by atoms with E-state index in [0.29, 0.717) is 11.5 Å². The largest absolute Gasteiger partial charge is 0.370 e. The molecule has 0 fully saturated rings. The van der Waals surface area contributed by atoms with Crippen molar-refractivity contribution in [2.45, 2.75) is 25.8 Å². The molecule has 1 amide bonds. The Labute approximate surface area is 148 Å². The van der Waals surface area contributed by atoms with Gasteiger partial charge in [0.25, 0.3) is 5.91 Å². The van der Waals surface area contributed by atoms with Crippen molar-refractivity contribution in [3.8, 4) is 0 Å². The second-order valence-electron chi connectivity index (χ2n) is 6.73. The summed E-state index contributed by atoms with van der Waals surface area (Å²) >= 11 is 0. The molecule has 6 nitrogen and oxygen atoms in total. The van der Waals surface area contributed by atoms with E-state index in [0.717, 1.165) is 31.6 Å². The fraction of sp³-hybridized carbons (Fsp3) is 0.421. The first-order valence-corrected chi connectivity index (χ1v) is 8.68. The Balaban J connectivity index is 1.71. The lowest BCUT2D eigenvalue weighted by Crippen LogP contribution is -2.36. The quantitative estimate of drug-likeness (QED) is 0.819. The average molecular weight is 339 g/mol. The molecule has 0 aliphatic carbocycles. The van der Waals surface area contributed by atoms with E-state index in [2.05, 4.69) is 47.3 Å². The molecule has 1 aromatic heterocycles. The van der Waals surface area contributed by atoms with Gasteiger partial charge in [0.1, 0.15) is 17.8 Å². The van der Waals surface area contributed by atoms with Crippen molar-refractivity contribution in [2.75, 3.05) is 37.4 Å². The Morgan fingerprint density at radius 3 is 2.92 bits per heavy atom. The summed E-state index contributed by atoms with van der Waals surface area (Å²) in [5, 5.41) is 3.27. The lowest BCUT2D eigenvalue weighted by atomic mass is 10.1. The van der Waals surface area contributed by atoms with Crippen LogP contribution >= 0.6 is 0 Å². The minimum absolute atomic E-state index is 0.0730. The highest BCUT2D eigenvalue weighted by Gasteiger charge is 2.31. The zero-order valence-corrected chi connectivity index (χ0v) is 15.1. The van der Waals surface area contributed by atoms with Gasteiger partial charge in [0, 0.05) is 24.3 Å². The summed E-state index contributed by atoms with van der Waals surface area (Å²) in [6, 6.07) is 9.94. The molecule has 132 valence electrons. The van der Waals surface area contributed by atoms with Crippen LogP contribution in [0.15, 0.2) is 36.7 Å². The van der Waals surface area contributed by atoms with Crippen LogP contribution in [0.2, 0.25) is 0 Å². The van der Waals surface area contributed by atoms with Crippen LogP contribution < -0.4 is 10.2 Å². The molecule has 1 atom stereocenters. The maximum absolute atomic E-state index is 13.0. The van der Waals surface area contributed by atoms with Crippen LogP contribution in [0.3, 0.4) is 0 Å². The zero-order chi connectivity index (χ0) is 17.8. The molecule has 1 aliphatic rings. The fourth-order valence-electron chi connectivity index (χ4n) is 3.18. The van der Waals surface area contributed by atoms with Crippen LogP contribution in [-0.4, -0.2) is 54.0 Å². The van der Waals surface area contributed by atoms with Crippen molar-refractivity contribution >= 4 is 17.4 Å². The monoisotopic (exact) mass is 339 g/mol. The number of nitrogens with zero attached hydrogens (tertiary/aromatic N) is 4. The van der Waals surface area contributed by atoms with E-state index in [1.165, 1.54) is 11.9 Å². The second-order valence-corrected chi connectivity index (χ2v) is 6.73. The number of fused-ring (bicyclic) bond motifs is 1. The number of anilines is 2. The third-order valence-electron chi connectivity index (χ3n) is 4.40. The molecule has 6 heteroatoms. The van der Waals surface area contributed by atoms with Gasteiger partial charge >= 0.3 is 0 Å². The Hall–Kier alpha value is -2.47. The minimum atomic E-state index is -0.0730. The fourth-order valence-corrected chi connectivity index (χ4v) is 3.18. The third kappa shape index (κ3) is 3.96. The highest BCUT2D eigenvalue weighted by atomic mass is 16.2. The van der Waals surface area contributed by atoms with Gasteiger partial charge in [-0.15, -0.1) is 0 Å². The minimum Gasteiger partial charge on any atom is -0.370 e. The maximum atomic E-state index is 13.0. The number of para-hydroxylation sites is 1. The van der Waals surface area contributed by atoms with E-state index < -0.39 is 0 Å². The molecule has 2 aromatic rings. The van der Waals surface area contributed by atoms with Crippen LogP contribution in [-0.2, 0) is 6.42 Å². The summed E-state index contributed by atoms with van der Waals surface area (Å²) in [4.78, 5) is 25.4. The number of hydrogen-bond acceptors (Lipinski definition) is 5. The summed E-state index contributed by atoms with van der Waals surface area (Å²) in [5.41, 5.74) is 2.62. The van der Waals surface area contributed by atoms with E-state index in [-0.39, 0.29) is 11.9 Å². The highest BCUT2D eigenvalue weighted by Crippen LogP contribution is 2.32. The maximum Gasteiger partial charge on any atom is 0.277 e. The van der Waals surface area contributed by atoms with Crippen LogP contribution in [0, 0.1) is 0 Å². The molecule has 1 aliphatic heterocycles. The lowest BCUT2D eigenvalue weighted by Gasteiger charge is -2.22. The van der Waals surface area contributed by atoms with E-state index in [1.54, 1.807) is 6.07 Å². The van der Waals surface area contributed by atoms with Crippen molar-refractivity contribution in [1.29, 1.82) is 0 Å². The molecular formula is C19H25N5O. The Morgan fingerprint density at radius 1 is 1.32 bits per heavy atom. The molecule has 0 saturated heterocycles. The van der Waals surface area contributed by atoms with Gasteiger partial charge in [-0.2, -0.15) is 0 Å². The van der Waals surface area contributed by atoms with Gasteiger partial charge in [-0.25, -0.2) is 9.97 Å². The Morgan fingerprint density at radius 2 is 2.12 bits per heavy atom. The van der Waals surface area contributed by atoms with Crippen molar-refractivity contribution in [1.82, 2.24) is 14.9 Å². The standard InChI is InChI=1S/C19H25N5O/c1-14-11-15-7-4-5-8-17(15)24(14)19(25)16-12-18(22-13-21-16)20-9-6-10-23(2)3/h4-5,7-8,12-14H,6,9-11H2,1-3H3,(H,20,21,22). The van der Waals surface area contributed by atoms with E-state index >= 15 is 0 Å². The molecule has 1 N–H and O–H groups in total. The molecule has 1 unspecified atom stereocenters. The molecule has 0 bridgehead atoms. The van der Waals surface area contributed by atoms with Gasteiger partial charge in [-0.05, 0) is 52.0 Å². The molecule has 2 heterocycles. The Kier molecular flexibility index (Phi) is 5.28. The number of nitrogens with one attached hydrogen (secondary N) is 1. The van der Waals surface area contributed by atoms with Gasteiger partial charge in [0.2, 0.25) is 0 Å². The molecule has 0 spiro atoms. The summed E-state index contributed by atoms with van der Waals surface area (Å²) in [5.74, 6) is 0.619.